The molecule has 3 rings (SSSR count). The minimum Gasteiger partial charge on any atom is -0.409 e. The molecule has 1 aromatic carbocycles. The van der Waals surface area contributed by atoms with Crippen molar-refractivity contribution in [2.75, 3.05) is 25.5 Å². The van der Waals surface area contributed by atoms with E-state index in [9.17, 15) is 17.6 Å². The number of halogens is 4. The molecule has 3 atom stereocenters. The maximum atomic E-state index is 14.4. The number of hydrogen-bond donors (Lipinski definition) is 3. The van der Waals surface area contributed by atoms with Crippen LogP contribution in [0.2, 0.25) is 0 Å². The third-order valence-electron chi connectivity index (χ3n) is 4.68. The fourth-order valence-corrected chi connectivity index (χ4v) is 4.51. The normalized spacial score (nSPS) is 23.1. The molecule has 3 unspecified atom stereocenters. The second-order valence-corrected chi connectivity index (χ2v) is 7.59. The van der Waals surface area contributed by atoms with Crippen molar-refractivity contribution in [1.29, 1.82) is 0 Å². The highest BCUT2D eigenvalue weighted by Crippen LogP contribution is 2.42. The van der Waals surface area contributed by atoms with E-state index in [1.807, 2.05) is 11.9 Å². The van der Waals surface area contributed by atoms with Crippen molar-refractivity contribution in [3.63, 3.8) is 0 Å². The van der Waals surface area contributed by atoms with Crippen LogP contribution < -0.4 is 11.1 Å². The van der Waals surface area contributed by atoms with Gasteiger partial charge in [0.05, 0.1) is 21.3 Å². The molecule has 2 heterocycles. The van der Waals surface area contributed by atoms with Crippen molar-refractivity contribution in [3.05, 3.63) is 28.6 Å². The monoisotopic (exact) mass is 404 g/mol. The number of nitrogens with two attached hydrogens (primary N) is 1. The van der Waals surface area contributed by atoms with E-state index in [1.54, 1.807) is 12.1 Å². The predicted octanol–water partition coefficient (Wildman–Crippen LogP) is 3.73. The highest BCUT2D eigenvalue weighted by atomic mass is 32.1. The third-order valence-corrected chi connectivity index (χ3v) is 5.95. The number of thiophene rings is 1. The Hall–Kier alpha value is -2.07. The minimum atomic E-state index is -3.26. The van der Waals surface area contributed by atoms with Gasteiger partial charge in [0.2, 0.25) is 0 Å². The summed E-state index contributed by atoms with van der Waals surface area (Å²) in [5.74, 6) is -0.442. The molecule has 1 aliphatic rings. The number of oxime groups is 1. The summed E-state index contributed by atoms with van der Waals surface area (Å²) < 4.78 is 55.2. The maximum absolute atomic E-state index is 14.4. The summed E-state index contributed by atoms with van der Waals surface area (Å²) >= 11 is 0.935. The van der Waals surface area contributed by atoms with Crippen LogP contribution in [0.15, 0.2) is 23.4 Å². The second-order valence-electron chi connectivity index (χ2n) is 6.57. The fourth-order valence-electron chi connectivity index (χ4n) is 3.31. The van der Waals surface area contributed by atoms with Gasteiger partial charge in [-0.05, 0) is 19.5 Å². The van der Waals surface area contributed by atoms with E-state index in [1.165, 1.54) is 6.07 Å². The third kappa shape index (κ3) is 3.81. The number of hydrogen-bond acceptors (Lipinski definition) is 5. The van der Waals surface area contributed by atoms with Crippen molar-refractivity contribution < 1.29 is 22.8 Å². The fraction of sp³-hybridized carbons (Fsp3) is 0.471. The molecule has 0 saturated carbocycles. The van der Waals surface area contributed by atoms with Gasteiger partial charge in [-0.15, -0.1) is 11.3 Å². The van der Waals surface area contributed by atoms with Crippen LogP contribution in [0, 0.1) is 0 Å². The van der Waals surface area contributed by atoms with E-state index in [0.29, 0.717) is 16.8 Å². The van der Waals surface area contributed by atoms with Crippen LogP contribution in [0.1, 0.15) is 23.0 Å². The molecule has 5 nitrogen and oxygen atoms in total. The average molecular weight is 404 g/mol. The Kier molecular flexibility index (Phi) is 5.75. The summed E-state index contributed by atoms with van der Waals surface area (Å²) in [5.41, 5.74) is 5.77. The molecule has 0 spiro atoms. The number of piperidine rings is 1. The Bertz CT molecular complexity index is 844. The first kappa shape index (κ1) is 19.7. The molecule has 1 aliphatic heterocycles. The van der Waals surface area contributed by atoms with Crippen molar-refractivity contribution in [1.82, 2.24) is 4.90 Å². The zero-order valence-electron chi connectivity index (χ0n) is 14.5. The predicted molar refractivity (Wildman–Crippen MR) is 98.6 cm³/mol. The zero-order valence-corrected chi connectivity index (χ0v) is 15.3. The molecule has 1 saturated heterocycles. The van der Waals surface area contributed by atoms with E-state index >= 15 is 0 Å². The van der Waals surface area contributed by atoms with Gasteiger partial charge in [-0.1, -0.05) is 17.3 Å². The van der Waals surface area contributed by atoms with E-state index in [2.05, 4.69) is 10.5 Å². The van der Waals surface area contributed by atoms with E-state index in [4.69, 9.17) is 10.9 Å². The van der Waals surface area contributed by atoms with Crippen LogP contribution in [0.3, 0.4) is 0 Å². The lowest BCUT2D eigenvalue weighted by molar-refractivity contribution is 0.0504. The Morgan fingerprint density at radius 1 is 1.41 bits per heavy atom. The van der Waals surface area contributed by atoms with Gasteiger partial charge in [-0.3, -0.25) is 0 Å². The molecular formula is C17H20F4N4OS. The molecule has 0 aliphatic carbocycles. The van der Waals surface area contributed by atoms with Crippen LogP contribution in [-0.2, 0) is 0 Å². The van der Waals surface area contributed by atoms with Gasteiger partial charge < -0.3 is 21.2 Å². The molecule has 0 amide bonds. The lowest BCUT2D eigenvalue weighted by Crippen LogP contribution is -2.46. The molecule has 10 heteroatoms. The number of fused-ring (bicyclic) bond motifs is 1. The Labute approximate surface area is 157 Å². The number of amidine groups is 1. The van der Waals surface area contributed by atoms with Crippen LogP contribution in [-0.4, -0.2) is 54.7 Å². The maximum Gasteiger partial charge on any atom is 0.273 e. The highest BCUT2D eigenvalue weighted by molar-refractivity contribution is 7.21. The first-order chi connectivity index (χ1) is 12.8. The number of nitrogens with zero attached hydrogens (tertiary/aromatic N) is 2. The summed E-state index contributed by atoms with van der Waals surface area (Å²) in [5, 5.41) is 15.1. The standard InChI is InChI=1S/C17H20F4N4OS/c1-25-6-5-10(9(18)7-25)23-11-4-2-3-8-12(13(19)16(20)21)15(17(22)24-26)27-14(8)11/h2-4,9-10,13,16,23,26H,5-7H2,1H3,(H2,22,24). The summed E-state index contributed by atoms with van der Waals surface area (Å²) in [6, 6.07) is 4.31. The molecule has 4 N–H and O–H groups in total. The van der Waals surface area contributed by atoms with Crippen LogP contribution in [0.5, 0.6) is 0 Å². The number of alkyl halides is 4. The average Bonchev–Trinajstić information content (AvgIpc) is 3.03. The molecule has 1 aromatic heterocycles. The number of nitrogens with one attached hydrogen (secondary N) is 1. The SMILES string of the molecule is CN1CCC(Nc2cccc3c(C(F)C(F)F)c(C(N)=NO)sc23)C(F)C1. The van der Waals surface area contributed by atoms with Crippen molar-refractivity contribution in [2.24, 2.45) is 10.9 Å². The molecule has 0 bridgehead atoms. The van der Waals surface area contributed by atoms with Gasteiger partial charge in [-0.25, -0.2) is 17.6 Å². The second kappa shape index (κ2) is 7.89. The summed E-state index contributed by atoms with van der Waals surface area (Å²) in [7, 11) is 1.84. The van der Waals surface area contributed by atoms with Gasteiger partial charge >= 0.3 is 0 Å². The molecule has 0 radical (unpaired) electrons. The van der Waals surface area contributed by atoms with E-state index in [0.717, 1.165) is 17.9 Å². The first-order valence-corrected chi connectivity index (χ1v) is 9.19. The number of likely N-dealkylation sites (tertiary alicyclic amines) is 1. The summed E-state index contributed by atoms with van der Waals surface area (Å²) in [6.45, 7) is 1.01. The lowest BCUT2D eigenvalue weighted by Gasteiger charge is -2.33. The smallest absolute Gasteiger partial charge is 0.273 e. The van der Waals surface area contributed by atoms with Crippen LogP contribution in [0.4, 0.5) is 23.2 Å². The van der Waals surface area contributed by atoms with Gasteiger partial charge in [0.25, 0.3) is 6.43 Å². The molecular weight excluding hydrogens is 384 g/mol. The van der Waals surface area contributed by atoms with Crippen LogP contribution in [0.25, 0.3) is 10.1 Å². The highest BCUT2D eigenvalue weighted by Gasteiger charge is 2.32. The molecule has 1 fully saturated rings. The molecule has 27 heavy (non-hydrogen) atoms. The Morgan fingerprint density at radius 2 is 2.15 bits per heavy atom. The van der Waals surface area contributed by atoms with Crippen molar-refractivity contribution >= 4 is 32.9 Å². The Balaban J connectivity index is 2.05. The van der Waals surface area contributed by atoms with Gasteiger partial charge in [0.1, 0.15) is 6.17 Å². The topological polar surface area (TPSA) is 73.9 Å². The summed E-state index contributed by atoms with van der Waals surface area (Å²) in [4.78, 5) is 1.83. The van der Waals surface area contributed by atoms with Crippen molar-refractivity contribution in [3.8, 4) is 0 Å². The largest absolute Gasteiger partial charge is 0.409 e. The Morgan fingerprint density at radius 3 is 2.78 bits per heavy atom. The van der Waals surface area contributed by atoms with E-state index in [-0.39, 0.29) is 22.4 Å². The molecule has 148 valence electrons. The lowest BCUT2D eigenvalue weighted by atomic mass is 10.0. The minimum absolute atomic E-state index is 0.0604. The zero-order chi connectivity index (χ0) is 19.7. The first-order valence-electron chi connectivity index (χ1n) is 8.38. The van der Waals surface area contributed by atoms with Crippen LogP contribution >= 0.6 is 11.3 Å². The number of anilines is 1. The number of benzene rings is 1. The van der Waals surface area contributed by atoms with E-state index < -0.39 is 30.6 Å². The van der Waals surface area contributed by atoms with Gasteiger partial charge in [-0.2, -0.15) is 0 Å². The quantitative estimate of drug-likeness (QED) is 0.233. The summed E-state index contributed by atoms with van der Waals surface area (Å²) in [6.07, 6.45) is -6.37. The van der Waals surface area contributed by atoms with Crippen molar-refractivity contribution in [2.45, 2.75) is 31.2 Å². The van der Waals surface area contributed by atoms with Gasteiger partial charge in [0.15, 0.2) is 12.0 Å². The van der Waals surface area contributed by atoms with Gasteiger partial charge in [0, 0.05) is 24.0 Å². The molecule has 2 aromatic rings. The number of rotatable bonds is 5.